The first kappa shape index (κ1) is 13.6. The van der Waals surface area contributed by atoms with Crippen molar-refractivity contribution in [3.8, 4) is 5.75 Å². The fourth-order valence-corrected chi connectivity index (χ4v) is 5.59. The van der Waals surface area contributed by atoms with E-state index < -0.39 is 0 Å². The summed E-state index contributed by atoms with van der Waals surface area (Å²) in [6.07, 6.45) is 7.42. The van der Waals surface area contributed by atoms with Gasteiger partial charge in [0.15, 0.2) is 0 Å². The molecule has 0 aromatic heterocycles. The van der Waals surface area contributed by atoms with Crippen molar-refractivity contribution in [2.75, 3.05) is 7.11 Å². The van der Waals surface area contributed by atoms with E-state index >= 15 is 0 Å². The van der Waals surface area contributed by atoms with Crippen molar-refractivity contribution in [2.45, 2.75) is 51.1 Å². The minimum Gasteiger partial charge on any atom is -0.497 e. The van der Waals surface area contributed by atoms with E-state index in [0.717, 1.165) is 35.5 Å². The molecule has 4 rings (SSSR count). The van der Waals surface area contributed by atoms with Gasteiger partial charge in [0.1, 0.15) is 5.75 Å². The van der Waals surface area contributed by atoms with Gasteiger partial charge in [-0.15, -0.1) is 0 Å². The van der Waals surface area contributed by atoms with Crippen LogP contribution in [0.2, 0.25) is 0 Å². The van der Waals surface area contributed by atoms with Crippen molar-refractivity contribution in [2.24, 2.45) is 23.7 Å². The molecule has 21 heavy (non-hydrogen) atoms. The minimum absolute atomic E-state index is 0.421. The summed E-state index contributed by atoms with van der Waals surface area (Å²) in [5.41, 5.74) is 1.35. The van der Waals surface area contributed by atoms with Crippen molar-refractivity contribution >= 4 is 0 Å². The van der Waals surface area contributed by atoms with Crippen LogP contribution in [0.3, 0.4) is 0 Å². The zero-order valence-corrected chi connectivity index (χ0v) is 13.2. The molecule has 2 bridgehead atoms. The van der Waals surface area contributed by atoms with Gasteiger partial charge in [0.25, 0.3) is 0 Å². The normalized spacial score (nSPS) is 38.5. The highest BCUT2D eigenvalue weighted by molar-refractivity contribution is 5.30. The average Bonchev–Trinajstić information content (AvgIpc) is 3.19. The molecule has 5 unspecified atom stereocenters. The maximum atomic E-state index is 5.35. The molecule has 0 spiro atoms. The highest BCUT2D eigenvalue weighted by Crippen LogP contribution is 2.58. The lowest BCUT2D eigenvalue weighted by Gasteiger charge is -2.34. The second-order valence-electron chi connectivity index (χ2n) is 7.43. The Morgan fingerprint density at radius 3 is 2.86 bits per heavy atom. The molecule has 1 aromatic rings. The van der Waals surface area contributed by atoms with Gasteiger partial charge in [0, 0.05) is 12.1 Å². The molecule has 0 heterocycles. The fraction of sp³-hybridized carbons (Fsp3) is 0.684. The maximum Gasteiger partial charge on any atom is 0.119 e. The molecule has 3 aliphatic rings. The van der Waals surface area contributed by atoms with Crippen molar-refractivity contribution in [3.05, 3.63) is 29.8 Å². The monoisotopic (exact) mass is 285 g/mol. The van der Waals surface area contributed by atoms with Crippen LogP contribution in [0.5, 0.6) is 5.75 Å². The third-order valence-electron chi connectivity index (χ3n) is 6.49. The molecule has 2 heteroatoms. The predicted molar refractivity (Wildman–Crippen MR) is 85.4 cm³/mol. The third kappa shape index (κ3) is 2.28. The summed E-state index contributed by atoms with van der Waals surface area (Å²) in [7, 11) is 1.74. The van der Waals surface area contributed by atoms with Crippen molar-refractivity contribution in [1.82, 2.24) is 5.32 Å². The summed E-state index contributed by atoms with van der Waals surface area (Å²) in [4.78, 5) is 0. The summed E-state index contributed by atoms with van der Waals surface area (Å²) in [6.45, 7) is 2.30. The van der Waals surface area contributed by atoms with Crippen molar-refractivity contribution in [1.29, 1.82) is 0 Å². The molecular weight excluding hydrogens is 258 g/mol. The van der Waals surface area contributed by atoms with E-state index in [2.05, 4.69) is 30.4 Å². The van der Waals surface area contributed by atoms with Gasteiger partial charge in [0.2, 0.25) is 0 Å². The summed E-state index contributed by atoms with van der Waals surface area (Å²) in [5, 5.41) is 3.93. The first-order chi connectivity index (χ1) is 10.3. The molecule has 114 valence electrons. The molecule has 6 atom stereocenters. The Morgan fingerprint density at radius 1 is 1.14 bits per heavy atom. The van der Waals surface area contributed by atoms with E-state index in [1.54, 1.807) is 7.11 Å². The van der Waals surface area contributed by atoms with Crippen molar-refractivity contribution < 1.29 is 4.74 Å². The van der Waals surface area contributed by atoms with Gasteiger partial charge in [0.05, 0.1) is 7.11 Å². The van der Waals surface area contributed by atoms with Crippen LogP contribution in [0, 0.1) is 23.7 Å². The van der Waals surface area contributed by atoms with Crippen LogP contribution < -0.4 is 10.1 Å². The summed E-state index contributed by atoms with van der Waals surface area (Å²) < 4.78 is 5.35. The zero-order valence-electron chi connectivity index (χ0n) is 13.2. The Kier molecular flexibility index (Phi) is 3.45. The van der Waals surface area contributed by atoms with Crippen molar-refractivity contribution in [3.63, 3.8) is 0 Å². The highest BCUT2D eigenvalue weighted by Gasteiger charge is 2.53. The smallest absolute Gasteiger partial charge is 0.119 e. The second kappa shape index (κ2) is 5.31. The largest absolute Gasteiger partial charge is 0.497 e. The fourth-order valence-electron chi connectivity index (χ4n) is 5.59. The lowest BCUT2D eigenvalue weighted by atomic mass is 9.79. The molecule has 3 aliphatic carbocycles. The number of nitrogens with one attached hydrogen (secondary N) is 1. The zero-order chi connectivity index (χ0) is 14.4. The Morgan fingerprint density at radius 2 is 2.00 bits per heavy atom. The van der Waals surface area contributed by atoms with Crippen LogP contribution in [-0.2, 0) is 0 Å². The molecule has 2 nitrogen and oxygen atoms in total. The first-order valence-corrected chi connectivity index (χ1v) is 8.66. The van der Waals surface area contributed by atoms with Gasteiger partial charge in [-0.25, -0.2) is 0 Å². The van der Waals surface area contributed by atoms with E-state index in [4.69, 9.17) is 4.74 Å². The lowest BCUT2D eigenvalue weighted by molar-refractivity contribution is 0.200. The summed E-state index contributed by atoms with van der Waals surface area (Å²) in [6, 6.07) is 9.67. The molecule has 1 aromatic carbocycles. The second-order valence-corrected chi connectivity index (χ2v) is 7.43. The third-order valence-corrected chi connectivity index (χ3v) is 6.49. The SMILES string of the molecule is COc1cccc([C@@H](C)NC2CC3CC2C2CCCC32)c1. The highest BCUT2D eigenvalue weighted by atomic mass is 16.5. The number of ether oxygens (including phenoxy) is 1. The number of fused-ring (bicyclic) bond motifs is 5. The maximum absolute atomic E-state index is 5.35. The minimum atomic E-state index is 0.421. The first-order valence-electron chi connectivity index (χ1n) is 8.66. The number of benzene rings is 1. The molecule has 0 aliphatic heterocycles. The Labute approximate surface area is 128 Å². The van der Waals surface area contributed by atoms with Crippen LogP contribution in [0.4, 0.5) is 0 Å². The number of methoxy groups -OCH3 is 1. The van der Waals surface area contributed by atoms with Gasteiger partial charge in [-0.3, -0.25) is 0 Å². The summed E-state index contributed by atoms with van der Waals surface area (Å²) in [5.74, 6) is 5.07. The Balaban J connectivity index is 1.44. The number of hydrogen-bond donors (Lipinski definition) is 1. The van der Waals surface area contributed by atoms with E-state index in [9.17, 15) is 0 Å². The van der Waals surface area contributed by atoms with Crippen LogP contribution >= 0.6 is 0 Å². The average molecular weight is 285 g/mol. The Bertz CT molecular complexity index is 514. The number of hydrogen-bond acceptors (Lipinski definition) is 2. The van der Waals surface area contributed by atoms with Gasteiger partial charge < -0.3 is 10.1 Å². The molecular formula is C19H27NO. The molecule has 0 amide bonds. The van der Waals surface area contributed by atoms with E-state index in [1.807, 2.05) is 6.07 Å². The molecule has 0 saturated heterocycles. The molecule has 1 N–H and O–H groups in total. The topological polar surface area (TPSA) is 21.3 Å². The van der Waals surface area contributed by atoms with Gasteiger partial charge >= 0.3 is 0 Å². The number of rotatable bonds is 4. The van der Waals surface area contributed by atoms with Gasteiger partial charge in [-0.05, 0) is 74.0 Å². The van der Waals surface area contributed by atoms with E-state index in [0.29, 0.717) is 6.04 Å². The predicted octanol–water partition coefficient (Wildman–Crippen LogP) is 4.17. The summed E-state index contributed by atoms with van der Waals surface area (Å²) >= 11 is 0. The lowest BCUT2D eigenvalue weighted by Crippen LogP contribution is -2.40. The van der Waals surface area contributed by atoms with Crippen LogP contribution in [0.15, 0.2) is 24.3 Å². The molecule has 0 radical (unpaired) electrons. The van der Waals surface area contributed by atoms with Crippen LogP contribution in [0.1, 0.15) is 50.6 Å². The van der Waals surface area contributed by atoms with E-state index in [1.165, 1.54) is 37.7 Å². The standard InChI is InChI=1S/C19H27NO/c1-12(13-5-3-6-15(9-13)21-2)20-19-11-14-10-18(19)17-8-4-7-16(14)17/h3,5-6,9,12,14,16-20H,4,7-8,10-11H2,1-2H3/t12-,14?,16?,17?,18?,19?/m1/s1. The van der Waals surface area contributed by atoms with Gasteiger partial charge in [-0.2, -0.15) is 0 Å². The van der Waals surface area contributed by atoms with Crippen LogP contribution in [-0.4, -0.2) is 13.2 Å². The molecule has 3 fully saturated rings. The van der Waals surface area contributed by atoms with Crippen LogP contribution in [0.25, 0.3) is 0 Å². The van der Waals surface area contributed by atoms with Gasteiger partial charge in [-0.1, -0.05) is 18.6 Å². The van der Waals surface area contributed by atoms with E-state index in [-0.39, 0.29) is 0 Å². The molecule has 3 saturated carbocycles. The quantitative estimate of drug-likeness (QED) is 0.896. The Hall–Kier alpha value is -1.02.